The van der Waals surface area contributed by atoms with Gasteiger partial charge in [-0.2, -0.15) is 5.10 Å². The van der Waals surface area contributed by atoms with Crippen molar-refractivity contribution in [2.45, 2.75) is 31.8 Å². The lowest BCUT2D eigenvalue weighted by molar-refractivity contribution is -0.120. The molecule has 2 aliphatic rings. The number of guanidine groups is 1. The SMILES string of the molecule is Cn1cc(N2CCN(C(=NCC3CCCCO3)NCCc3ccco3)CC2=O)cn1. The van der Waals surface area contributed by atoms with Crippen LogP contribution in [0.5, 0.6) is 0 Å². The molecule has 30 heavy (non-hydrogen) atoms. The summed E-state index contributed by atoms with van der Waals surface area (Å²) in [4.78, 5) is 21.4. The summed E-state index contributed by atoms with van der Waals surface area (Å²) in [5.74, 6) is 1.73. The molecule has 2 aromatic rings. The number of nitrogens with one attached hydrogen (secondary N) is 1. The zero-order valence-electron chi connectivity index (χ0n) is 17.5. The molecule has 1 unspecified atom stereocenters. The number of aryl methyl sites for hydroxylation is 1. The molecule has 162 valence electrons. The zero-order chi connectivity index (χ0) is 20.8. The molecule has 1 amide bonds. The van der Waals surface area contributed by atoms with E-state index in [0.29, 0.717) is 26.2 Å². The molecular weight excluding hydrogens is 384 g/mol. The van der Waals surface area contributed by atoms with Crippen LogP contribution in [0.1, 0.15) is 25.0 Å². The monoisotopic (exact) mass is 414 g/mol. The minimum atomic E-state index is 0.0451. The molecule has 0 spiro atoms. The maximum Gasteiger partial charge on any atom is 0.246 e. The Balaban J connectivity index is 1.39. The predicted octanol–water partition coefficient (Wildman–Crippen LogP) is 1.42. The summed E-state index contributed by atoms with van der Waals surface area (Å²) < 4.78 is 13.0. The van der Waals surface area contributed by atoms with Crippen molar-refractivity contribution >= 4 is 17.6 Å². The first-order valence-electron chi connectivity index (χ1n) is 10.7. The number of piperazine rings is 1. The van der Waals surface area contributed by atoms with Gasteiger partial charge < -0.3 is 24.3 Å². The third kappa shape index (κ3) is 5.21. The Hall–Kier alpha value is -2.81. The second kappa shape index (κ2) is 9.80. The van der Waals surface area contributed by atoms with Crippen LogP contribution >= 0.6 is 0 Å². The van der Waals surface area contributed by atoms with Crippen LogP contribution in [-0.2, 0) is 23.0 Å². The molecule has 1 atom stereocenters. The molecule has 2 aliphatic heterocycles. The number of ether oxygens (including phenoxy) is 1. The molecule has 9 heteroatoms. The van der Waals surface area contributed by atoms with Crippen molar-refractivity contribution in [1.29, 1.82) is 0 Å². The first kappa shape index (κ1) is 20.5. The summed E-state index contributed by atoms with van der Waals surface area (Å²) >= 11 is 0. The number of furan rings is 1. The number of amides is 1. The van der Waals surface area contributed by atoms with Crippen LogP contribution in [0.2, 0.25) is 0 Å². The van der Waals surface area contributed by atoms with Gasteiger partial charge in [-0.3, -0.25) is 14.5 Å². The zero-order valence-corrected chi connectivity index (χ0v) is 17.5. The largest absolute Gasteiger partial charge is 0.469 e. The lowest BCUT2D eigenvalue weighted by Gasteiger charge is -2.35. The van der Waals surface area contributed by atoms with Crippen molar-refractivity contribution in [2.75, 3.05) is 44.2 Å². The lowest BCUT2D eigenvalue weighted by atomic mass is 10.1. The van der Waals surface area contributed by atoms with E-state index >= 15 is 0 Å². The fourth-order valence-corrected chi connectivity index (χ4v) is 3.83. The van der Waals surface area contributed by atoms with E-state index in [1.807, 2.05) is 30.3 Å². The number of aromatic nitrogens is 2. The molecule has 0 saturated carbocycles. The van der Waals surface area contributed by atoms with E-state index in [0.717, 1.165) is 43.3 Å². The smallest absolute Gasteiger partial charge is 0.246 e. The van der Waals surface area contributed by atoms with Crippen molar-refractivity contribution in [2.24, 2.45) is 12.0 Å². The van der Waals surface area contributed by atoms with E-state index in [1.165, 1.54) is 6.42 Å². The highest BCUT2D eigenvalue weighted by Gasteiger charge is 2.28. The summed E-state index contributed by atoms with van der Waals surface area (Å²) in [5, 5.41) is 7.60. The molecule has 1 N–H and O–H groups in total. The molecule has 0 radical (unpaired) electrons. The highest BCUT2D eigenvalue weighted by molar-refractivity contribution is 5.98. The first-order chi connectivity index (χ1) is 14.7. The molecule has 2 fully saturated rings. The van der Waals surface area contributed by atoms with E-state index in [-0.39, 0.29) is 18.6 Å². The third-order valence-electron chi connectivity index (χ3n) is 5.48. The first-order valence-corrected chi connectivity index (χ1v) is 10.7. The van der Waals surface area contributed by atoms with Crippen molar-refractivity contribution in [3.05, 3.63) is 36.5 Å². The van der Waals surface area contributed by atoms with Crippen LogP contribution in [0.4, 0.5) is 5.69 Å². The molecular formula is C21H30N6O3. The van der Waals surface area contributed by atoms with Gasteiger partial charge in [0.05, 0.1) is 30.8 Å². The number of hydrogen-bond acceptors (Lipinski definition) is 5. The van der Waals surface area contributed by atoms with E-state index < -0.39 is 0 Å². The van der Waals surface area contributed by atoms with Crippen LogP contribution < -0.4 is 10.2 Å². The summed E-state index contributed by atoms with van der Waals surface area (Å²) in [6.45, 7) is 3.70. The number of rotatable bonds is 6. The molecule has 2 aromatic heterocycles. The normalized spacial score (nSPS) is 20.6. The number of nitrogens with zero attached hydrogens (tertiary/aromatic N) is 5. The van der Waals surface area contributed by atoms with Gasteiger partial charge in [-0.15, -0.1) is 0 Å². The number of hydrogen-bond donors (Lipinski definition) is 1. The van der Waals surface area contributed by atoms with Crippen LogP contribution in [0, 0.1) is 0 Å². The number of carbonyl (C=O) groups is 1. The average Bonchev–Trinajstić information content (AvgIpc) is 3.43. The van der Waals surface area contributed by atoms with Gasteiger partial charge >= 0.3 is 0 Å². The molecule has 4 heterocycles. The maximum absolute atomic E-state index is 12.8. The standard InChI is InChI=1S/C21H30N6O3/c1-25-15-17(13-24-25)27-10-9-26(16-20(27)28)21(22-8-7-18-6-4-12-29-18)23-14-19-5-2-3-11-30-19/h4,6,12-13,15,19H,2-3,5,7-11,14,16H2,1H3,(H,22,23). The van der Waals surface area contributed by atoms with E-state index in [2.05, 4.69) is 10.4 Å². The Labute approximate surface area is 176 Å². The Bertz CT molecular complexity index is 841. The van der Waals surface area contributed by atoms with Gasteiger partial charge in [-0.1, -0.05) is 0 Å². The van der Waals surface area contributed by atoms with Gasteiger partial charge in [-0.25, -0.2) is 0 Å². The molecule has 0 bridgehead atoms. The van der Waals surface area contributed by atoms with E-state index in [4.69, 9.17) is 14.1 Å². The Morgan fingerprint density at radius 2 is 2.30 bits per heavy atom. The Morgan fingerprint density at radius 1 is 1.37 bits per heavy atom. The van der Waals surface area contributed by atoms with E-state index in [9.17, 15) is 4.79 Å². The van der Waals surface area contributed by atoms with Crippen molar-refractivity contribution in [3.8, 4) is 0 Å². The lowest BCUT2D eigenvalue weighted by Crippen LogP contribution is -2.55. The summed E-state index contributed by atoms with van der Waals surface area (Å²) in [7, 11) is 1.85. The van der Waals surface area contributed by atoms with Crippen LogP contribution in [0.25, 0.3) is 0 Å². The Morgan fingerprint density at radius 3 is 3.00 bits per heavy atom. The van der Waals surface area contributed by atoms with Gasteiger partial charge in [-0.05, 0) is 31.4 Å². The minimum absolute atomic E-state index is 0.0451. The minimum Gasteiger partial charge on any atom is -0.469 e. The Kier molecular flexibility index (Phi) is 6.68. The van der Waals surface area contributed by atoms with E-state index in [1.54, 1.807) is 22.0 Å². The predicted molar refractivity (Wildman–Crippen MR) is 113 cm³/mol. The topological polar surface area (TPSA) is 88.1 Å². The quantitative estimate of drug-likeness (QED) is 0.568. The summed E-state index contributed by atoms with van der Waals surface area (Å²) in [6.07, 6.45) is 9.54. The molecule has 9 nitrogen and oxygen atoms in total. The molecule has 0 aliphatic carbocycles. The van der Waals surface area contributed by atoms with Crippen LogP contribution in [0.15, 0.2) is 40.2 Å². The second-order valence-electron chi connectivity index (χ2n) is 7.75. The second-order valence-corrected chi connectivity index (χ2v) is 7.75. The highest BCUT2D eigenvalue weighted by Crippen LogP contribution is 2.17. The number of anilines is 1. The average molecular weight is 415 g/mol. The van der Waals surface area contributed by atoms with Gasteiger partial charge in [0.2, 0.25) is 5.91 Å². The molecule has 0 aromatic carbocycles. The third-order valence-corrected chi connectivity index (χ3v) is 5.48. The van der Waals surface area contributed by atoms with Crippen LogP contribution in [0.3, 0.4) is 0 Å². The summed E-state index contributed by atoms with van der Waals surface area (Å²) in [6, 6.07) is 3.85. The van der Waals surface area contributed by atoms with Gasteiger partial charge in [0, 0.05) is 45.9 Å². The maximum atomic E-state index is 12.8. The molecule has 2 saturated heterocycles. The summed E-state index contributed by atoms with van der Waals surface area (Å²) in [5.41, 5.74) is 0.835. The van der Waals surface area contributed by atoms with Crippen molar-refractivity contribution in [1.82, 2.24) is 20.0 Å². The van der Waals surface area contributed by atoms with Crippen LogP contribution in [-0.4, -0.2) is 72.0 Å². The van der Waals surface area contributed by atoms with Crippen molar-refractivity contribution < 1.29 is 13.9 Å². The van der Waals surface area contributed by atoms with Gasteiger partial charge in [0.15, 0.2) is 5.96 Å². The fourth-order valence-electron chi connectivity index (χ4n) is 3.83. The van der Waals surface area contributed by atoms with Gasteiger partial charge in [0.25, 0.3) is 0 Å². The number of aliphatic imine (C=N–C) groups is 1. The highest BCUT2D eigenvalue weighted by atomic mass is 16.5. The van der Waals surface area contributed by atoms with Gasteiger partial charge in [0.1, 0.15) is 12.3 Å². The number of carbonyl (C=O) groups excluding carboxylic acids is 1. The molecule has 4 rings (SSSR count). The van der Waals surface area contributed by atoms with Crippen molar-refractivity contribution in [3.63, 3.8) is 0 Å². The fraction of sp³-hybridized carbons (Fsp3) is 0.571.